The van der Waals surface area contributed by atoms with E-state index >= 15 is 0 Å². The Kier molecular flexibility index (Phi) is 3.79. The molecular weight excluding hydrogens is 244 g/mol. The average molecular weight is 260 g/mol. The molecule has 2 aromatic rings. The van der Waals surface area contributed by atoms with Crippen molar-refractivity contribution in [1.82, 2.24) is 14.8 Å². The summed E-state index contributed by atoms with van der Waals surface area (Å²) >= 11 is 0. The lowest BCUT2D eigenvalue weighted by Crippen LogP contribution is -2.14. The van der Waals surface area contributed by atoms with Gasteiger partial charge in [0.2, 0.25) is 11.9 Å². The highest BCUT2D eigenvalue weighted by atomic mass is 16.5. The maximum absolute atomic E-state index is 11.8. The van der Waals surface area contributed by atoms with E-state index in [1.807, 2.05) is 19.1 Å². The van der Waals surface area contributed by atoms with E-state index in [1.165, 1.54) is 0 Å². The summed E-state index contributed by atoms with van der Waals surface area (Å²) in [5.41, 5.74) is 6.50. The summed E-state index contributed by atoms with van der Waals surface area (Å²) in [6.45, 7) is 1.93. The van der Waals surface area contributed by atoms with Crippen molar-refractivity contribution >= 4 is 11.9 Å². The quantitative estimate of drug-likeness (QED) is 0.908. The van der Waals surface area contributed by atoms with E-state index in [4.69, 9.17) is 10.5 Å². The van der Waals surface area contributed by atoms with Crippen LogP contribution in [0.25, 0.3) is 11.4 Å². The summed E-state index contributed by atoms with van der Waals surface area (Å²) in [5.74, 6) is 1.15. The van der Waals surface area contributed by atoms with Crippen molar-refractivity contribution < 1.29 is 9.53 Å². The number of nitrogens with two attached hydrogens (primary N) is 1. The smallest absolute Gasteiger partial charge is 0.250 e. The Morgan fingerprint density at radius 3 is 2.63 bits per heavy atom. The fourth-order valence-electron chi connectivity index (χ4n) is 1.69. The zero-order valence-corrected chi connectivity index (χ0v) is 11.0. The molecule has 0 unspecified atom stereocenters. The van der Waals surface area contributed by atoms with Crippen LogP contribution in [0.4, 0.5) is 5.95 Å². The fraction of sp³-hybridized carbons (Fsp3) is 0.308. The number of ether oxygens (including phenoxy) is 1. The number of hydrogen-bond acceptors (Lipinski definition) is 5. The van der Waals surface area contributed by atoms with Crippen LogP contribution >= 0.6 is 0 Å². The van der Waals surface area contributed by atoms with Crippen molar-refractivity contribution in [3.05, 3.63) is 24.3 Å². The lowest BCUT2D eigenvalue weighted by molar-refractivity contribution is 0.0889. The van der Waals surface area contributed by atoms with Gasteiger partial charge in [0.1, 0.15) is 5.75 Å². The molecule has 1 aromatic carbocycles. The lowest BCUT2D eigenvalue weighted by Gasteiger charge is -2.00. The topological polar surface area (TPSA) is 83.0 Å². The van der Waals surface area contributed by atoms with Gasteiger partial charge in [0.05, 0.1) is 7.11 Å². The molecule has 0 bridgehead atoms. The normalized spacial score (nSPS) is 10.4. The molecule has 0 spiro atoms. The number of hydrogen-bond donors (Lipinski definition) is 1. The van der Waals surface area contributed by atoms with E-state index in [2.05, 4.69) is 10.1 Å². The highest BCUT2D eigenvalue weighted by molar-refractivity contribution is 5.80. The van der Waals surface area contributed by atoms with Gasteiger partial charge in [-0.15, -0.1) is 5.10 Å². The predicted molar refractivity (Wildman–Crippen MR) is 72.0 cm³/mol. The Morgan fingerprint density at radius 2 is 2.05 bits per heavy atom. The second-order valence-electron chi connectivity index (χ2n) is 4.08. The molecule has 2 rings (SSSR count). The van der Waals surface area contributed by atoms with Crippen LogP contribution in [0.2, 0.25) is 0 Å². The number of methoxy groups -OCH3 is 1. The van der Waals surface area contributed by atoms with Crippen molar-refractivity contribution in [2.24, 2.45) is 0 Å². The second-order valence-corrected chi connectivity index (χ2v) is 4.08. The van der Waals surface area contributed by atoms with Gasteiger partial charge >= 0.3 is 0 Å². The average Bonchev–Trinajstić information content (AvgIpc) is 2.81. The van der Waals surface area contributed by atoms with Crippen LogP contribution in [0.3, 0.4) is 0 Å². The van der Waals surface area contributed by atoms with Gasteiger partial charge in [0.25, 0.3) is 0 Å². The first-order valence-corrected chi connectivity index (χ1v) is 6.06. The van der Waals surface area contributed by atoms with Crippen molar-refractivity contribution in [2.45, 2.75) is 19.8 Å². The largest absolute Gasteiger partial charge is 0.497 e. The van der Waals surface area contributed by atoms with E-state index in [0.717, 1.165) is 22.4 Å². The first-order valence-electron chi connectivity index (χ1n) is 6.06. The third-order valence-electron chi connectivity index (χ3n) is 2.68. The van der Waals surface area contributed by atoms with Crippen molar-refractivity contribution in [2.75, 3.05) is 12.8 Å². The maximum atomic E-state index is 11.8. The minimum atomic E-state index is -0.146. The third kappa shape index (κ3) is 2.73. The molecule has 0 atom stereocenters. The van der Waals surface area contributed by atoms with E-state index < -0.39 is 0 Å². The van der Waals surface area contributed by atoms with Crippen molar-refractivity contribution in [3.8, 4) is 17.1 Å². The Hall–Kier alpha value is -2.37. The van der Waals surface area contributed by atoms with Crippen LogP contribution in [-0.2, 0) is 0 Å². The zero-order valence-electron chi connectivity index (χ0n) is 11.0. The van der Waals surface area contributed by atoms with Gasteiger partial charge in [-0.25, -0.2) is 0 Å². The summed E-state index contributed by atoms with van der Waals surface area (Å²) in [7, 11) is 1.60. The number of carbonyl (C=O) groups is 1. The number of carbonyl (C=O) groups excluding carboxylic acids is 1. The molecule has 0 aliphatic carbocycles. The van der Waals surface area contributed by atoms with Crippen LogP contribution in [-0.4, -0.2) is 27.8 Å². The number of rotatable bonds is 4. The predicted octanol–water partition coefficient (Wildman–Crippen LogP) is 1.98. The van der Waals surface area contributed by atoms with Gasteiger partial charge in [-0.2, -0.15) is 9.67 Å². The molecular formula is C13H16N4O2. The first kappa shape index (κ1) is 13.1. The second kappa shape index (κ2) is 5.51. The van der Waals surface area contributed by atoms with Crippen LogP contribution in [0.5, 0.6) is 5.75 Å². The lowest BCUT2D eigenvalue weighted by atomic mass is 10.2. The number of nitrogen functional groups attached to an aromatic ring is 1. The number of aromatic nitrogens is 3. The van der Waals surface area contributed by atoms with Crippen LogP contribution in [0, 0.1) is 0 Å². The monoisotopic (exact) mass is 260 g/mol. The summed E-state index contributed by atoms with van der Waals surface area (Å²) in [5, 5.41) is 4.14. The van der Waals surface area contributed by atoms with Gasteiger partial charge in [-0.1, -0.05) is 6.92 Å². The highest BCUT2D eigenvalue weighted by Gasteiger charge is 2.14. The molecule has 0 amide bonds. The highest BCUT2D eigenvalue weighted by Crippen LogP contribution is 2.20. The van der Waals surface area contributed by atoms with Gasteiger partial charge in [-0.3, -0.25) is 4.79 Å². The molecule has 19 heavy (non-hydrogen) atoms. The molecule has 1 heterocycles. The van der Waals surface area contributed by atoms with Crippen LogP contribution in [0.1, 0.15) is 24.6 Å². The fourth-order valence-corrected chi connectivity index (χ4v) is 1.69. The SMILES string of the molecule is CCCC(=O)n1nc(-c2ccc(OC)cc2)nc1N. The Balaban J connectivity index is 2.30. The third-order valence-corrected chi connectivity index (χ3v) is 2.68. The minimum absolute atomic E-state index is 0.115. The van der Waals surface area contributed by atoms with Gasteiger partial charge in [-0.05, 0) is 30.7 Å². The van der Waals surface area contributed by atoms with E-state index in [1.54, 1.807) is 19.2 Å². The Bertz CT molecular complexity index is 575. The Labute approximate surface area is 111 Å². The van der Waals surface area contributed by atoms with Crippen LogP contribution in [0.15, 0.2) is 24.3 Å². The molecule has 1 aromatic heterocycles. The molecule has 0 saturated heterocycles. The number of benzene rings is 1. The van der Waals surface area contributed by atoms with Gasteiger partial charge in [0, 0.05) is 12.0 Å². The molecule has 2 N–H and O–H groups in total. The standard InChI is InChI=1S/C13H16N4O2/c1-3-4-11(18)17-13(14)15-12(16-17)9-5-7-10(19-2)8-6-9/h5-8H,3-4H2,1-2H3,(H2,14,15,16). The van der Waals surface area contributed by atoms with E-state index in [-0.39, 0.29) is 11.9 Å². The molecule has 6 nitrogen and oxygen atoms in total. The summed E-state index contributed by atoms with van der Waals surface area (Å²) in [6.07, 6.45) is 1.14. The molecule has 6 heteroatoms. The van der Waals surface area contributed by atoms with Crippen molar-refractivity contribution in [3.63, 3.8) is 0 Å². The molecule has 0 radical (unpaired) electrons. The van der Waals surface area contributed by atoms with Crippen molar-refractivity contribution in [1.29, 1.82) is 0 Å². The molecule has 0 aliphatic heterocycles. The van der Waals surface area contributed by atoms with E-state index in [0.29, 0.717) is 12.2 Å². The zero-order chi connectivity index (χ0) is 13.8. The summed E-state index contributed by atoms with van der Waals surface area (Å²) < 4.78 is 6.24. The summed E-state index contributed by atoms with van der Waals surface area (Å²) in [4.78, 5) is 15.9. The van der Waals surface area contributed by atoms with Gasteiger partial charge in [0.15, 0.2) is 5.82 Å². The van der Waals surface area contributed by atoms with Gasteiger partial charge < -0.3 is 10.5 Å². The minimum Gasteiger partial charge on any atom is -0.497 e. The first-order chi connectivity index (χ1) is 9.15. The van der Waals surface area contributed by atoms with Crippen LogP contribution < -0.4 is 10.5 Å². The summed E-state index contributed by atoms with van der Waals surface area (Å²) in [6, 6.07) is 7.25. The molecule has 0 fully saturated rings. The number of nitrogens with zero attached hydrogens (tertiary/aromatic N) is 3. The molecule has 0 aliphatic rings. The molecule has 0 saturated carbocycles. The van der Waals surface area contributed by atoms with E-state index in [9.17, 15) is 4.79 Å². The molecule has 100 valence electrons. The Morgan fingerprint density at radius 1 is 1.37 bits per heavy atom. The number of anilines is 1. The maximum Gasteiger partial charge on any atom is 0.250 e.